The summed E-state index contributed by atoms with van der Waals surface area (Å²) in [4.78, 5) is 13.7. The zero-order valence-electron chi connectivity index (χ0n) is 7.77. The molecule has 0 spiro atoms. The predicted octanol–water partition coefficient (Wildman–Crippen LogP) is 1.04. The Morgan fingerprint density at radius 1 is 1.43 bits per heavy atom. The number of fused-ring (bicyclic) bond motifs is 1. The van der Waals surface area contributed by atoms with Crippen molar-refractivity contribution < 1.29 is 9.53 Å². The summed E-state index contributed by atoms with van der Waals surface area (Å²) in [6.45, 7) is 2.29. The zero-order valence-corrected chi connectivity index (χ0v) is 7.77. The summed E-state index contributed by atoms with van der Waals surface area (Å²) in [7, 11) is 0. The van der Waals surface area contributed by atoms with Crippen LogP contribution in [0, 0.1) is 0 Å². The molecule has 0 radical (unpaired) electrons. The summed E-state index contributed by atoms with van der Waals surface area (Å²) in [5.74, 6) is 0.149. The van der Waals surface area contributed by atoms with Crippen molar-refractivity contribution in [1.82, 2.24) is 4.90 Å². The second-order valence-corrected chi connectivity index (χ2v) is 3.80. The lowest BCUT2D eigenvalue weighted by Gasteiger charge is -2.12. The highest BCUT2D eigenvalue weighted by Crippen LogP contribution is 2.24. The third-order valence-corrected chi connectivity index (χ3v) is 2.72. The minimum atomic E-state index is 0.149. The van der Waals surface area contributed by atoms with Gasteiger partial charge >= 0.3 is 0 Å². The summed E-state index contributed by atoms with van der Waals surface area (Å²) in [6, 6.07) is 7.80. The lowest BCUT2D eigenvalue weighted by molar-refractivity contribution is 0.0766. The standard InChI is InChI=1S/C11H11NO2/c13-11-10-4-2-1-3-8(10)5-12(11)6-9-7-14-9/h1-4,9H,5-7H2/t9-/m1/s1. The molecule has 3 rings (SSSR count). The van der Waals surface area contributed by atoms with Crippen LogP contribution >= 0.6 is 0 Å². The van der Waals surface area contributed by atoms with Crippen LogP contribution in [0.4, 0.5) is 0 Å². The fraction of sp³-hybridized carbons (Fsp3) is 0.364. The monoisotopic (exact) mass is 189 g/mol. The van der Waals surface area contributed by atoms with Gasteiger partial charge in [-0.1, -0.05) is 18.2 Å². The summed E-state index contributed by atoms with van der Waals surface area (Å²) in [5, 5.41) is 0. The van der Waals surface area contributed by atoms with Crippen LogP contribution in [-0.4, -0.2) is 30.1 Å². The number of epoxide rings is 1. The molecule has 3 nitrogen and oxygen atoms in total. The maximum absolute atomic E-state index is 11.8. The second-order valence-electron chi connectivity index (χ2n) is 3.80. The van der Waals surface area contributed by atoms with Crippen LogP contribution < -0.4 is 0 Å². The van der Waals surface area contributed by atoms with E-state index in [-0.39, 0.29) is 12.0 Å². The first-order valence-electron chi connectivity index (χ1n) is 4.83. The van der Waals surface area contributed by atoms with E-state index in [2.05, 4.69) is 0 Å². The molecule has 1 saturated heterocycles. The van der Waals surface area contributed by atoms with Crippen molar-refractivity contribution in [2.45, 2.75) is 12.6 Å². The Kier molecular flexibility index (Phi) is 1.61. The normalized spacial score (nSPS) is 23.9. The van der Waals surface area contributed by atoms with Gasteiger partial charge in [-0.15, -0.1) is 0 Å². The largest absolute Gasteiger partial charge is 0.371 e. The molecule has 72 valence electrons. The van der Waals surface area contributed by atoms with E-state index in [1.807, 2.05) is 29.2 Å². The smallest absolute Gasteiger partial charge is 0.254 e. The molecule has 3 heteroatoms. The van der Waals surface area contributed by atoms with Crippen molar-refractivity contribution in [2.24, 2.45) is 0 Å². The maximum atomic E-state index is 11.8. The fourth-order valence-electron chi connectivity index (χ4n) is 1.88. The van der Waals surface area contributed by atoms with Gasteiger partial charge in [0.1, 0.15) is 0 Å². The molecule has 1 aromatic rings. The van der Waals surface area contributed by atoms with Crippen LogP contribution in [-0.2, 0) is 11.3 Å². The predicted molar refractivity (Wildman–Crippen MR) is 50.9 cm³/mol. The molecule has 1 atom stereocenters. The van der Waals surface area contributed by atoms with Gasteiger partial charge in [-0.25, -0.2) is 0 Å². The van der Waals surface area contributed by atoms with Crippen LogP contribution in [0.5, 0.6) is 0 Å². The molecular formula is C11H11NO2. The molecule has 0 unspecified atom stereocenters. The third kappa shape index (κ3) is 1.21. The Balaban J connectivity index is 1.85. The number of amides is 1. The second kappa shape index (κ2) is 2.82. The molecule has 1 aromatic carbocycles. The Morgan fingerprint density at radius 2 is 2.21 bits per heavy atom. The van der Waals surface area contributed by atoms with E-state index in [1.165, 1.54) is 0 Å². The van der Waals surface area contributed by atoms with Gasteiger partial charge in [0.2, 0.25) is 0 Å². The summed E-state index contributed by atoms with van der Waals surface area (Å²) in [5.41, 5.74) is 1.99. The quantitative estimate of drug-likeness (QED) is 0.651. The van der Waals surface area contributed by atoms with Crippen LogP contribution in [0.2, 0.25) is 0 Å². The Labute approximate surface area is 82.3 Å². The Morgan fingerprint density at radius 3 is 2.93 bits per heavy atom. The maximum Gasteiger partial charge on any atom is 0.254 e. The van der Waals surface area contributed by atoms with E-state index in [0.717, 1.165) is 30.8 Å². The first kappa shape index (κ1) is 8.00. The molecule has 0 saturated carbocycles. The van der Waals surface area contributed by atoms with Crippen LogP contribution in [0.15, 0.2) is 24.3 Å². The molecule has 1 fully saturated rings. The topological polar surface area (TPSA) is 32.8 Å². The number of rotatable bonds is 2. The van der Waals surface area contributed by atoms with Gasteiger partial charge in [0.05, 0.1) is 12.7 Å². The van der Waals surface area contributed by atoms with Crippen molar-refractivity contribution in [3.63, 3.8) is 0 Å². The summed E-state index contributed by atoms with van der Waals surface area (Å²) >= 11 is 0. The van der Waals surface area contributed by atoms with Gasteiger partial charge in [0.25, 0.3) is 5.91 Å². The molecule has 2 heterocycles. The van der Waals surface area contributed by atoms with Crippen molar-refractivity contribution in [1.29, 1.82) is 0 Å². The first-order valence-corrected chi connectivity index (χ1v) is 4.83. The molecule has 2 aliphatic rings. The fourth-order valence-corrected chi connectivity index (χ4v) is 1.88. The number of hydrogen-bond acceptors (Lipinski definition) is 2. The molecule has 0 aliphatic carbocycles. The number of ether oxygens (including phenoxy) is 1. The zero-order chi connectivity index (χ0) is 9.54. The van der Waals surface area contributed by atoms with E-state index in [1.54, 1.807) is 0 Å². The highest BCUT2D eigenvalue weighted by molar-refractivity contribution is 5.98. The number of nitrogens with zero attached hydrogens (tertiary/aromatic N) is 1. The van der Waals surface area contributed by atoms with Gasteiger partial charge in [0.15, 0.2) is 0 Å². The van der Waals surface area contributed by atoms with Crippen LogP contribution in [0.3, 0.4) is 0 Å². The van der Waals surface area contributed by atoms with Crippen molar-refractivity contribution in [3.8, 4) is 0 Å². The average molecular weight is 189 g/mol. The Bertz CT molecular complexity index is 385. The van der Waals surface area contributed by atoms with Gasteiger partial charge in [0, 0.05) is 18.7 Å². The van der Waals surface area contributed by atoms with E-state index in [4.69, 9.17) is 4.74 Å². The number of benzene rings is 1. The van der Waals surface area contributed by atoms with E-state index < -0.39 is 0 Å². The third-order valence-electron chi connectivity index (χ3n) is 2.72. The van der Waals surface area contributed by atoms with Gasteiger partial charge in [-0.05, 0) is 11.6 Å². The van der Waals surface area contributed by atoms with E-state index >= 15 is 0 Å². The lowest BCUT2D eigenvalue weighted by Crippen LogP contribution is -2.27. The summed E-state index contributed by atoms with van der Waals surface area (Å²) in [6.07, 6.45) is 0.285. The van der Waals surface area contributed by atoms with Crippen LogP contribution in [0.25, 0.3) is 0 Å². The highest BCUT2D eigenvalue weighted by Gasteiger charge is 2.32. The van der Waals surface area contributed by atoms with Gasteiger partial charge in [-0.3, -0.25) is 4.79 Å². The molecule has 0 bridgehead atoms. The number of carbonyl (C=O) groups is 1. The van der Waals surface area contributed by atoms with Gasteiger partial charge in [-0.2, -0.15) is 0 Å². The lowest BCUT2D eigenvalue weighted by atomic mass is 10.1. The highest BCUT2D eigenvalue weighted by atomic mass is 16.6. The molecule has 1 amide bonds. The molecule has 0 aromatic heterocycles. The number of hydrogen-bond donors (Lipinski definition) is 0. The molecular weight excluding hydrogens is 178 g/mol. The van der Waals surface area contributed by atoms with Crippen molar-refractivity contribution >= 4 is 5.91 Å². The minimum Gasteiger partial charge on any atom is -0.371 e. The Hall–Kier alpha value is -1.35. The first-order chi connectivity index (χ1) is 6.84. The molecule has 2 aliphatic heterocycles. The van der Waals surface area contributed by atoms with Crippen LogP contribution in [0.1, 0.15) is 15.9 Å². The average Bonchev–Trinajstić information content (AvgIpc) is 2.95. The number of carbonyl (C=O) groups excluding carboxylic acids is 1. The van der Waals surface area contributed by atoms with Gasteiger partial charge < -0.3 is 9.64 Å². The summed E-state index contributed by atoms with van der Waals surface area (Å²) < 4.78 is 5.12. The van der Waals surface area contributed by atoms with E-state index in [0.29, 0.717) is 0 Å². The SMILES string of the molecule is O=C1c2ccccc2CN1C[C@@H]1CO1. The van der Waals surface area contributed by atoms with E-state index in [9.17, 15) is 4.79 Å². The molecule has 14 heavy (non-hydrogen) atoms. The van der Waals surface area contributed by atoms with Crippen molar-refractivity contribution in [2.75, 3.05) is 13.2 Å². The van der Waals surface area contributed by atoms with Crippen molar-refractivity contribution in [3.05, 3.63) is 35.4 Å². The minimum absolute atomic E-state index is 0.149. The molecule has 0 N–H and O–H groups in total.